The van der Waals surface area contributed by atoms with Crippen LogP contribution in [-0.4, -0.2) is 15.0 Å². The fourth-order valence-electron chi connectivity index (χ4n) is 2.09. The molecule has 20 heavy (non-hydrogen) atoms. The van der Waals surface area contributed by atoms with E-state index in [4.69, 9.17) is 0 Å². The maximum absolute atomic E-state index is 12.8. The molecule has 0 aliphatic heterocycles. The van der Waals surface area contributed by atoms with Crippen molar-refractivity contribution in [1.29, 1.82) is 0 Å². The van der Waals surface area contributed by atoms with E-state index in [2.05, 4.69) is 15.9 Å². The molecular weight excluding hydrogens is 338 g/mol. The summed E-state index contributed by atoms with van der Waals surface area (Å²) in [6.07, 6.45) is 0. The van der Waals surface area contributed by atoms with Gasteiger partial charge in [-0.05, 0) is 53.5 Å². The minimum absolute atomic E-state index is 0.283. The number of hydrogen-bond acceptors (Lipinski definition) is 2. The molecule has 0 aromatic heterocycles. The molecule has 2 rings (SSSR count). The van der Waals surface area contributed by atoms with Gasteiger partial charge in [-0.2, -0.15) is 0 Å². The van der Waals surface area contributed by atoms with Crippen LogP contribution in [0.15, 0.2) is 57.9 Å². The Balaban J connectivity index is 2.58. The third-order valence-corrected chi connectivity index (χ3v) is 5.98. The zero-order chi connectivity index (χ0) is 14.8. The number of nitrogens with zero attached hydrogens (tertiary/aromatic N) is 1. The van der Waals surface area contributed by atoms with Gasteiger partial charge >= 0.3 is 0 Å². The summed E-state index contributed by atoms with van der Waals surface area (Å²) in [7, 11) is -3.57. The van der Waals surface area contributed by atoms with Crippen molar-refractivity contribution in [2.45, 2.75) is 18.7 Å². The highest BCUT2D eigenvalue weighted by Crippen LogP contribution is 2.29. The molecule has 0 N–H and O–H groups in total. The highest BCUT2D eigenvalue weighted by atomic mass is 79.9. The van der Waals surface area contributed by atoms with Crippen molar-refractivity contribution < 1.29 is 8.42 Å². The molecular formula is C15H16BrNO2S. The maximum Gasteiger partial charge on any atom is 0.265 e. The fraction of sp³-hybridized carbons (Fsp3) is 0.200. The molecule has 3 nitrogen and oxygen atoms in total. The molecule has 0 amide bonds. The highest BCUT2D eigenvalue weighted by Gasteiger charge is 2.26. The van der Waals surface area contributed by atoms with Gasteiger partial charge in [-0.25, -0.2) is 8.42 Å². The quantitative estimate of drug-likeness (QED) is 0.833. The largest absolute Gasteiger partial charge is 0.266 e. The van der Waals surface area contributed by atoms with Gasteiger partial charge in [0.25, 0.3) is 10.0 Å². The van der Waals surface area contributed by atoms with E-state index in [1.165, 1.54) is 4.31 Å². The predicted molar refractivity (Wildman–Crippen MR) is 85.5 cm³/mol. The van der Waals surface area contributed by atoms with Crippen LogP contribution in [-0.2, 0) is 10.0 Å². The summed E-state index contributed by atoms with van der Waals surface area (Å²) >= 11 is 3.31. The van der Waals surface area contributed by atoms with Gasteiger partial charge in [0.15, 0.2) is 0 Å². The molecule has 0 aliphatic rings. The number of aryl methyl sites for hydroxylation is 1. The van der Waals surface area contributed by atoms with Crippen molar-refractivity contribution >= 4 is 31.6 Å². The molecule has 5 heteroatoms. The smallest absolute Gasteiger partial charge is 0.265 e. The highest BCUT2D eigenvalue weighted by molar-refractivity contribution is 9.10. The van der Waals surface area contributed by atoms with Crippen molar-refractivity contribution in [2.24, 2.45) is 0 Å². The zero-order valence-electron chi connectivity index (χ0n) is 11.4. The Bertz CT molecular complexity index is 713. The second-order valence-electron chi connectivity index (χ2n) is 4.39. The third-order valence-electron chi connectivity index (χ3n) is 3.08. The second-order valence-corrected chi connectivity index (χ2v) is 7.07. The summed E-state index contributed by atoms with van der Waals surface area (Å²) < 4.78 is 27.7. The van der Waals surface area contributed by atoms with E-state index < -0.39 is 10.0 Å². The molecule has 0 fully saturated rings. The van der Waals surface area contributed by atoms with Crippen molar-refractivity contribution in [1.82, 2.24) is 0 Å². The van der Waals surface area contributed by atoms with E-state index in [-0.39, 0.29) is 4.90 Å². The number of para-hydroxylation sites is 1. The molecule has 2 aromatic rings. The van der Waals surface area contributed by atoms with Gasteiger partial charge in [0.05, 0.1) is 5.69 Å². The first-order valence-electron chi connectivity index (χ1n) is 6.31. The molecule has 0 spiro atoms. The number of anilines is 1. The van der Waals surface area contributed by atoms with E-state index in [1.807, 2.05) is 38.1 Å². The zero-order valence-corrected chi connectivity index (χ0v) is 13.8. The van der Waals surface area contributed by atoms with Crippen molar-refractivity contribution in [2.75, 3.05) is 10.8 Å². The van der Waals surface area contributed by atoms with Crippen LogP contribution >= 0.6 is 15.9 Å². The van der Waals surface area contributed by atoms with Crippen LogP contribution in [0.3, 0.4) is 0 Å². The lowest BCUT2D eigenvalue weighted by atomic mass is 10.2. The molecule has 2 aromatic carbocycles. The summed E-state index contributed by atoms with van der Waals surface area (Å²) in [6.45, 7) is 4.13. The van der Waals surface area contributed by atoms with Crippen LogP contribution in [0.5, 0.6) is 0 Å². The topological polar surface area (TPSA) is 37.4 Å². The van der Waals surface area contributed by atoms with Gasteiger partial charge in [0.2, 0.25) is 0 Å². The first-order chi connectivity index (χ1) is 9.48. The van der Waals surface area contributed by atoms with Gasteiger partial charge in [-0.15, -0.1) is 0 Å². The average molecular weight is 354 g/mol. The van der Waals surface area contributed by atoms with Crippen LogP contribution in [0, 0.1) is 6.92 Å². The van der Waals surface area contributed by atoms with Crippen LogP contribution in [0.1, 0.15) is 12.5 Å². The number of hydrogen-bond donors (Lipinski definition) is 0. The number of sulfonamides is 1. The van der Waals surface area contributed by atoms with Crippen molar-refractivity contribution in [3.05, 3.63) is 58.6 Å². The van der Waals surface area contributed by atoms with Crippen LogP contribution in [0.2, 0.25) is 0 Å². The summed E-state index contributed by atoms with van der Waals surface area (Å²) in [6, 6.07) is 14.4. The third kappa shape index (κ3) is 2.74. The second kappa shape index (κ2) is 5.97. The number of halogens is 1. The standard InChI is InChI=1S/C15H16BrNO2S/c1-3-17(14-10-6-4-8-12(14)2)20(18,19)15-11-7-5-9-13(15)16/h4-11H,3H2,1-2H3. The normalized spacial score (nSPS) is 11.3. The summed E-state index contributed by atoms with van der Waals surface area (Å²) in [5.74, 6) is 0. The van der Waals surface area contributed by atoms with Gasteiger partial charge in [-0.3, -0.25) is 4.31 Å². The van der Waals surface area contributed by atoms with Crippen molar-refractivity contribution in [3.63, 3.8) is 0 Å². The van der Waals surface area contributed by atoms with Crippen LogP contribution < -0.4 is 4.31 Å². The number of benzene rings is 2. The fourth-order valence-corrected chi connectivity index (χ4v) is 4.59. The Labute approximate surface area is 128 Å². The van der Waals surface area contributed by atoms with Crippen LogP contribution in [0.4, 0.5) is 5.69 Å². The lowest BCUT2D eigenvalue weighted by Gasteiger charge is -2.25. The first kappa shape index (κ1) is 15.1. The molecule has 0 saturated heterocycles. The molecule has 0 atom stereocenters. The first-order valence-corrected chi connectivity index (χ1v) is 8.54. The number of rotatable bonds is 4. The lowest BCUT2D eigenvalue weighted by Crippen LogP contribution is -2.31. The summed E-state index contributed by atoms with van der Waals surface area (Å²) in [4.78, 5) is 0.283. The summed E-state index contributed by atoms with van der Waals surface area (Å²) in [5, 5.41) is 0. The average Bonchev–Trinajstić information content (AvgIpc) is 2.42. The molecule has 0 radical (unpaired) electrons. The van der Waals surface area contributed by atoms with Crippen LogP contribution in [0.25, 0.3) is 0 Å². The van der Waals surface area contributed by atoms with E-state index in [9.17, 15) is 8.42 Å². The van der Waals surface area contributed by atoms with Gasteiger partial charge in [0.1, 0.15) is 4.90 Å². The van der Waals surface area contributed by atoms with Gasteiger partial charge < -0.3 is 0 Å². The molecule has 0 saturated carbocycles. The molecule has 0 bridgehead atoms. The Kier molecular flexibility index (Phi) is 4.50. The molecule has 0 unspecified atom stereocenters. The Hall–Kier alpha value is -1.33. The van der Waals surface area contributed by atoms with E-state index in [0.29, 0.717) is 16.7 Å². The Morgan fingerprint density at radius 1 is 1.05 bits per heavy atom. The van der Waals surface area contributed by atoms with E-state index >= 15 is 0 Å². The molecule has 106 valence electrons. The minimum atomic E-state index is -3.57. The van der Waals surface area contributed by atoms with E-state index in [1.54, 1.807) is 24.3 Å². The van der Waals surface area contributed by atoms with Crippen molar-refractivity contribution in [3.8, 4) is 0 Å². The molecule has 0 heterocycles. The maximum atomic E-state index is 12.8. The summed E-state index contributed by atoms with van der Waals surface area (Å²) in [5.41, 5.74) is 1.65. The Morgan fingerprint density at radius 2 is 1.65 bits per heavy atom. The predicted octanol–water partition coefficient (Wildman–Crippen LogP) is 3.97. The van der Waals surface area contributed by atoms with Gasteiger partial charge in [0, 0.05) is 11.0 Å². The monoisotopic (exact) mass is 353 g/mol. The lowest BCUT2D eigenvalue weighted by molar-refractivity contribution is 0.591. The minimum Gasteiger partial charge on any atom is -0.266 e. The van der Waals surface area contributed by atoms with Gasteiger partial charge in [-0.1, -0.05) is 30.3 Å². The Morgan fingerprint density at radius 3 is 2.25 bits per heavy atom. The van der Waals surface area contributed by atoms with E-state index in [0.717, 1.165) is 5.56 Å². The SMILES string of the molecule is CCN(c1ccccc1C)S(=O)(=O)c1ccccc1Br. The molecule has 0 aliphatic carbocycles.